The number of aliphatic carboxylic acids is 1. The Hall–Kier alpha value is -0.610. The summed E-state index contributed by atoms with van der Waals surface area (Å²) in [5, 5.41) is 20.7. The van der Waals surface area contributed by atoms with Crippen LogP contribution in [0.3, 0.4) is 0 Å². The second-order valence-corrected chi connectivity index (χ2v) is 2.88. The van der Waals surface area contributed by atoms with Crippen molar-refractivity contribution in [3.63, 3.8) is 0 Å². The minimum Gasteiger partial charge on any atom is -0.480 e. The monoisotopic (exact) mass is 159 g/mol. The molecule has 0 radical (unpaired) electrons. The Bertz CT molecular complexity index is 160. The van der Waals surface area contributed by atoms with Crippen LogP contribution in [-0.4, -0.2) is 34.4 Å². The van der Waals surface area contributed by atoms with Crippen LogP contribution in [0, 0.1) is 0 Å². The van der Waals surface area contributed by atoms with Crippen LogP contribution >= 0.6 is 0 Å². The minimum absolute atomic E-state index is 0.0453. The van der Waals surface area contributed by atoms with Crippen molar-refractivity contribution in [3.05, 3.63) is 0 Å². The third-order valence-electron chi connectivity index (χ3n) is 2.09. The van der Waals surface area contributed by atoms with Gasteiger partial charge in [0.2, 0.25) is 0 Å². The van der Waals surface area contributed by atoms with Crippen molar-refractivity contribution < 1.29 is 15.0 Å². The zero-order valence-corrected chi connectivity index (χ0v) is 6.45. The normalized spacial score (nSPS) is 37.5. The van der Waals surface area contributed by atoms with Gasteiger partial charge in [0.25, 0.3) is 0 Å². The SMILES string of the molecule is CC[C@H]1NC(C(=O)O)CC1O. The van der Waals surface area contributed by atoms with Gasteiger partial charge < -0.3 is 10.2 Å². The van der Waals surface area contributed by atoms with Crippen molar-refractivity contribution in [2.75, 3.05) is 0 Å². The summed E-state index contributed by atoms with van der Waals surface area (Å²) < 4.78 is 0. The van der Waals surface area contributed by atoms with Crippen LogP contribution in [0.15, 0.2) is 0 Å². The Balaban J connectivity index is 2.49. The molecule has 3 N–H and O–H groups in total. The lowest BCUT2D eigenvalue weighted by Gasteiger charge is -2.10. The molecular formula is C7H13NO3. The summed E-state index contributed by atoms with van der Waals surface area (Å²) in [5.41, 5.74) is 0. The van der Waals surface area contributed by atoms with E-state index in [0.717, 1.165) is 6.42 Å². The Labute approximate surface area is 65.2 Å². The molecule has 0 aromatic carbocycles. The molecule has 1 fully saturated rings. The van der Waals surface area contributed by atoms with Gasteiger partial charge in [0.05, 0.1) is 6.10 Å². The van der Waals surface area contributed by atoms with Gasteiger partial charge >= 0.3 is 5.97 Å². The van der Waals surface area contributed by atoms with Crippen molar-refractivity contribution in [1.29, 1.82) is 0 Å². The van der Waals surface area contributed by atoms with Gasteiger partial charge in [-0.25, -0.2) is 0 Å². The first kappa shape index (κ1) is 8.49. The fraction of sp³-hybridized carbons (Fsp3) is 0.857. The van der Waals surface area contributed by atoms with Crippen LogP contribution in [0.1, 0.15) is 19.8 Å². The molecule has 1 saturated heterocycles. The lowest BCUT2D eigenvalue weighted by atomic mass is 10.1. The standard InChI is InChI=1S/C7H13NO3/c1-2-4-6(9)3-5(8-4)7(10)11/h4-6,8-9H,2-3H2,1H3,(H,10,11)/t4-,5?,6?/m1/s1. The van der Waals surface area contributed by atoms with E-state index in [-0.39, 0.29) is 6.04 Å². The summed E-state index contributed by atoms with van der Waals surface area (Å²) in [6, 6.07) is -0.606. The number of aliphatic hydroxyl groups is 1. The molecular weight excluding hydrogens is 146 g/mol. The topological polar surface area (TPSA) is 69.6 Å². The molecule has 2 unspecified atom stereocenters. The van der Waals surface area contributed by atoms with E-state index in [1.54, 1.807) is 0 Å². The van der Waals surface area contributed by atoms with Gasteiger partial charge in [-0.2, -0.15) is 0 Å². The molecule has 3 atom stereocenters. The third-order valence-corrected chi connectivity index (χ3v) is 2.09. The number of carboxylic acids is 1. The predicted octanol–water partition coefficient (Wildman–Crippen LogP) is -0.428. The zero-order chi connectivity index (χ0) is 8.43. The van der Waals surface area contributed by atoms with Crippen molar-refractivity contribution in [3.8, 4) is 0 Å². The minimum atomic E-state index is -0.875. The quantitative estimate of drug-likeness (QED) is 0.511. The van der Waals surface area contributed by atoms with Gasteiger partial charge in [0, 0.05) is 12.5 Å². The van der Waals surface area contributed by atoms with E-state index < -0.39 is 18.1 Å². The van der Waals surface area contributed by atoms with E-state index in [2.05, 4.69) is 5.32 Å². The average molecular weight is 159 g/mol. The Morgan fingerprint density at radius 1 is 1.73 bits per heavy atom. The largest absolute Gasteiger partial charge is 0.480 e. The van der Waals surface area contributed by atoms with E-state index >= 15 is 0 Å². The highest BCUT2D eigenvalue weighted by molar-refractivity contribution is 5.74. The van der Waals surface area contributed by atoms with Crippen LogP contribution in [0.2, 0.25) is 0 Å². The second-order valence-electron chi connectivity index (χ2n) is 2.88. The number of rotatable bonds is 2. The maximum Gasteiger partial charge on any atom is 0.320 e. The maximum atomic E-state index is 10.4. The maximum absolute atomic E-state index is 10.4. The molecule has 0 aromatic rings. The van der Waals surface area contributed by atoms with Gasteiger partial charge in [-0.05, 0) is 6.42 Å². The third kappa shape index (κ3) is 1.70. The molecule has 0 bridgehead atoms. The van der Waals surface area contributed by atoms with Crippen molar-refractivity contribution in [2.45, 2.75) is 38.0 Å². The van der Waals surface area contributed by atoms with Crippen LogP contribution in [0.4, 0.5) is 0 Å². The number of hydrogen-bond acceptors (Lipinski definition) is 3. The summed E-state index contributed by atoms with van der Waals surface area (Å²) in [5.74, 6) is -0.875. The number of hydrogen-bond donors (Lipinski definition) is 3. The average Bonchev–Trinajstić information content (AvgIpc) is 2.31. The molecule has 1 heterocycles. The van der Waals surface area contributed by atoms with Crippen molar-refractivity contribution in [1.82, 2.24) is 5.32 Å². The Kier molecular flexibility index (Phi) is 2.46. The molecule has 0 spiro atoms. The molecule has 0 aromatic heterocycles. The van der Waals surface area contributed by atoms with Gasteiger partial charge in [-0.15, -0.1) is 0 Å². The Morgan fingerprint density at radius 2 is 2.36 bits per heavy atom. The van der Waals surface area contributed by atoms with Gasteiger partial charge in [0.15, 0.2) is 0 Å². The van der Waals surface area contributed by atoms with Crippen LogP contribution in [0.25, 0.3) is 0 Å². The first-order valence-corrected chi connectivity index (χ1v) is 3.82. The summed E-state index contributed by atoms with van der Waals surface area (Å²) >= 11 is 0. The van der Waals surface area contributed by atoms with E-state index in [1.807, 2.05) is 6.92 Å². The molecule has 1 aliphatic rings. The smallest absolute Gasteiger partial charge is 0.320 e. The molecule has 0 aliphatic carbocycles. The number of carbonyl (C=O) groups is 1. The lowest BCUT2D eigenvalue weighted by molar-refractivity contribution is -0.139. The molecule has 64 valence electrons. The number of carboxylic acid groups (broad SMARTS) is 1. The summed E-state index contributed by atoms with van der Waals surface area (Å²) in [6.45, 7) is 1.92. The molecule has 1 rings (SSSR count). The van der Waals surface area contributed by atoms with Crippen LogP contribution < -0.4 is 5.32 Å². The number of nitrogens with one attached hydrogen (secondary N) is 1. The summed E-state index contributed by atoms with van der Waals surface area (Å²) in [7, 11) is 0. The van der Waals surface area contributed by atoms with Crippen molar-refractivity contribution >= 4 is 5.97 Å². The zero-order valence-electron chi connectivity index (χ0n) is 6.45. The van der Waals surface area contributed by atoms with Gasteiger partial charge in [-0.1, -0.05) is 6.92 Å². The molecule has 11 heavy (non-hydrogen) atoms. The summed E-state index contributed by atoms with van der Waals surface area (Å²) in [6.07, 6.45) is 0.597. The van der Waals surface area contributed by atoms with Crippen LogP contribution in [-0.2, 0) is 4.79 Å². The highest BCUT2D eigenvalue weighted by Crippen LogP contribution is 2.15. The first-order valence-electron chi connectivity index (χ1n) is 3.82. The fourth-order valence-corrected chi connectivity index (χ4v) is 1.41. The van der Waals surface area contributed by atoms with Crippen molar-refractivity contribution in [2.24, 2.45) is 0 Å². The predicted molar refractivity (Wildman–Crippen MR) is 39.3 cm³/mol. The lowest BCUT2D eigenvalue weighted by Crippen LogP contribution is -2.36. The molecule has 0 saturated carbocycles. The van der Waals surface area contributed by atoms with Gasteiger partial charge in [-0.3, -0.25) is 10.1 Å². The fourth-order valence-electron chi connectivity index (χ4n) is 1.41. The molecule has 0 amide bonds. The summed E-state index contributed by atoms with van der Waals surface area (Å²) in [4.78, 5) is 10.4. The molecule has 1 aliphatic heterocycles. The van der Waals surface area contributed by atoms with Gasteiger partial charge in [0.1, 0.15) is 6.04 Å². The highest BCUT2D eigenvalue weighted by atomic mass is 16.4. The number of aliphatic hydroxyl groups excluding tert-OH is 1. The first-order chi connectivity index (χ1) is 5.15. The second kappa shape index (κ2) is 3.19. The van der Waals surface area contributed by atoms with E-state index in [0.29, 0.717) is 6.42 Å². The Morgan fingerprint density at radius 3 is 2.64 bits per heavy atom. The molecule has 4 heteroatoms. The highest BCUT2D eigenvalue weighted by Gasteiger charge is 2.34. The van der Waals surface area contributed by atoms with E-state index in [4.69, 9.17) is 5.11 Å². The van der Waals surface area contributed by atoms with Crippen LogP contribution in [0.5, 0.6) is 0 Å². The van der Waals surface area contributed by atoms with E-state index in [9.17, 15) is 9.90 Å². The van der Waals surface area contributed by atoms with E-state index in [1.165, 1.54) is 0 Å². The molecule has 4 nitrogen and oxygen atoms in total.